The first-order valence-corrected chi connectivity index (χ1v) is 45.3. The summed E-state index contributed by atoms with van der Waals surface area (Å²) in [6, 6.07) is 24.3. The highest BCUT2D eigenvalue weighted by molar-refractivity contribution is 8.26. The molecule has 2 aromatic rings. The number of hydrogen-bond acceptors (Lipinski definition) is 0. The predicted octanol–water partition coefficient (Wildman–Crippen LogP) is 8.12. The summed E-state index contributed by atoms with van der Waals surface area (Å²) in [5.74, 6) is -2.32. The van der Waals surface area contributed by atoms with E-state index in [1.54, 1.807) is 10.4 Å². The second-order valence-corrected chi connectivity index (χ2v) is 106. The van der Waals surface area contributed by atoms with Crippen molar-refractivity contribution < 1.29 is 0 Å². The molecule has 0 unspecified atom stereocenters. The monoisotopic (exact) mass is 638 g/mol. The minimum Gasteiger partial charge on any atom is -0.177 e. The molecule has 0 aliphatic carbocycles. The number of halogens is 1. The van der Waals surface area contributed by atoms with Crippen LogP contribution in [0.3, 0.4) is 0 Å². The molecule has 9 heteroatoms. The van der Waals surface area contributed by atoms with E-state index in [4.69, 9.17) is 11.1 Å². The van der Waals surface area contributed by atoms with Crippen molar-refractivity contribution in [1.29, 1.82) is 0 Å². The number of hydrogen-bond donors (Lipinski definition) is 0. The van der Waals surface area contributed by atoms with Crippen molar-refractivity contribution in [3.63, 3.8) is 0 Å². The molecule has 0 saturated heterocycles. The lowest BCUT2D eigenvalue weighted by Gasteiger charge is -2.72. The van der Waals surface area contributed by atoms with Crippen molar-refractivity contribution in [3.8, 4) is 0 Å². The first-order valence-electron chi connectivity index (χ1n) is 13.8. The summed E-state index contributed by atoms with van der Waals surface area (Å²) < 4.78 is 0. The zero-order valence-electron chi connectivity index (χ0n) is 26.2. The van der Waals surface area contributed by atoms with Gasteiger partial charge in [-0.1, -0.05) is 169 Å². The molecule has 0 spiro atoms. The minimum absolute atomic E-state index is 1.66. The normalized spacial score (nSPS) is 15.2. The molecular formula is C27H55ClSi8. The quantitative estimate of drug-likeness (QED) is 0.192. The van der Waals surface area contributed by atoms with Crippen molar-refractivity contribution in [2.75, 3.05) is 0 Å². The van der Waals surface area contributed by atoms with Crippen LogP contribution in [-0.2, 0) is 0 Å². The lowest BCUT2D eigenvalue weighted by atomic mass is 10.4. The fourth-order valence-corrected chi connectivity index (χ4v) is 339. The fraction of sp³-hybridized carbons (Fsp3) is 0.556. The first-order chi connectivity index (χ1) is 16.0. The van der Waals surface area contributed by atoms with Gasteiger partial charge in [-0.3, -0.25) is 0 Å². The maximum absolute atomic E-state index is 9.01. The average Bonchev–Trinajstić information content (AvgIpc) is 2.67. The molecule has 2 rings (SSSR count). The molecule has 0 bridgehead atoms. The van der Waals surface area contributed by atoms with E-state index in [-0.39, 0.29) is 0 Å². The van der Waals surface area contributed by atoms with Crippen molar-refractivity contribution in [1.82, 2.24) is 0 Å². The van der Waals surface area contributed by atoms with E-state index in [9.17, 15) is 0 Å². The molecule has 0 radical (unpaired) electrons. The van der Waals surface area contributed by atoms with Gasteiger partial charge < -0.3 is 0 Å². The Morgan fingerprint density at radius 2 is 0.639 bits per heavy atom. The van der Waals surface area contributed by atoms with Crippen LogP contribution in [0.2, 0.25) is 98.2 Å². The second-order valence-electron chi connectivity index (χ2n) is 16.1. The molecular weight excluding hydrogens is 584 g/mol. The molecule has 0 N–H and O–H groups in total. The van der Waals surface area contributed by atoms with Gasteiger partial charge >= 0.3 is 0 Å². The van der Waals surface area contributed by atoms with E-state index in [0.717, 1.165) is 0 Å². The van der Waals surface area contributed by atoms with E-state index in [1.807, 2.05) is 0 Å². The molecule has 0 atom stereocenters. The van der Waals surface area contributed by atoms with Gasteiger partial charge in [-0.05, 0) is 0 Å². The Morgan fingerprint density at radius 1 is 0.389 bits per heavy atom. The highest BCUT2D eigenvalue weighted by atomic mass is 35.6. The smallest absolute Gasteiger partial charge is 0.137 e. The molecule has 0 aliphatic heterocycles. The Kier molecular flexibility index (Phi) is 9.20. The molecule has 36 heavy (non-hydrogen) atoms. The zero-order valence-corrected chi connectivity index (χ0v) is 34.9. The summed E-state index contributed by atoms with van der Waals surface area (Å²) in [6.07, 6.45) is -1.96. The molecule has 0 aliphatic rings. The van der Waals surface area contributed by atoms with Crippen LogP contribution in [0.25, 0.3) is 0 Å². The molecule has 0 aromatic heterocycles. The van der Waals surface area contributed by atoms with Gasteiger partial charge in [0.25, 0.3) is 0 Å². The highest BCUT2D eigenvalue weighted by Crippen LogP contribution is 2.51. The van der Waals surface area contributed by atoms with Gasteiger partial charge in [0, 0.05) is 28.9 Å². The van der Waals surface area contributed by atoms with Gasteiger partial charge in [-0.15, -0.1) is 0 Å². The van der Waals surface area contributed by atoms with E-state index >= 15 is 0 Å². The standard InChI is InChI=1S/C27H55ClSi8/c1-29(2,3)35(28,30(4,5)6)34(26-22-18-16-19-23-26,27-24-20-17-21-25-27)36(31(7,8)9,32(10,11)12)33(13,14)15/h16-25H,1-15H3. The van der Waals surface area contributed by atoms with Gasteiger partial charge in [0.15, 0.2) is 0 Å². The van der Waals surface area contributed by atoms with Crippen LogP contribution in [0, 0.1) is 0 Å². The summed E-state index contributed by atoms with van der Waals surface area (Å²) in [7, 11) is -10.9. The minimum atomic E-state index is -2.41. The Bertz CT molecular complexity index is 931. The molecule has 202 valence electrons. The molecule has 0 saturated carbocycles. The van der Waals surface area contributed by atoms with Gasteiger partial charge in [-0.2, -0.15) is 11.1 Å². The average molecular weight is 640 g/mol. The molecule has 2 aromatic carbocycles. The molecule has 0 amide bonds. The molecule has 0 fully saturated rings. The third kappa shape index (κ3) is 4.61. The van der Waals surface area contributed by atoms with E-state index in [1.165, 1.54) is 0 Å². The third-order valence-electron chi connectivity index (χ3n) is 8.93. The lowest BCUT2D eigenvalue weighted by molar-refractivity contribution is 1.71. The van der Waals surface area contributed by atoms with Crippen LogP contribution in [0.1, 0.15) is 0 Å². The van der Waals surface area contributed by atoms with Gasteiger partial charge in [-0.25, -0.2) is 0 Å². The summed E-state index contributed by atoms with van der Waals surface area (Å²) >= 11 is 9.01. The van der Waals surface area contributed by atoms with Crippen LogP contribution in [0.5, 0.6) is 0 Å². The predicted molar refractivity (Wildman–Crippen MR) is 192 cm³/mol. The van der Waals surface area contributed by atoms with Gasteiger partial charge in [0.1, 0.15) is 13.0 Å². The van der Waals surface area contributed by atoms with E-state index < -0.39 is 57.1 Å². The van der Waals surface area contributed by atoms with Gasteiger partial charge in [0.05, 0.1) is 15.2 Å². The Morgan fingerprint density at radius 3 is 0.833 bits per heavy atom. The van der Waals surface area contributed by atoms with E-state index in [0.29, 0.717) is 0 Å². The first kappa shape index (κ1) is 32.7. The summed E-state index contributed by atoms with van der Waals surface area (Å²) in [5.41, 5.74) is 0. The van der Waals surface area contributed by atoms with Crippen LogP contribution >= 0.6 is 11.1 Å². The summed E-state index contributed by atoms with van der Waals surface area (Å²) in [5, 5.41) is 3.48. The highest BCUT2D eigenvalue weighted by Gasteiger charge is 2.82. The lowest BCUT2D eigenvalue weighted by Crippen LogP contribution is -3.08. The van der Waals surface area contributed by atoms with Crippen LogP contribution in [-0.4, -0.2) is 57.1 Å². The second kappa shape index (κ2) is 10.1. The largest absolute Gasteiger partial charge is 0.177 e. The Hall–Kier alpha value is 0.465. The Balaban J connectivity index is 3.64. The fourth-order valence-electron chi connectivity index (χ4n) is 9.94. The van der Waals surface area contributed by atoms with Crippen LogP contribution in [0.15, 0.2) is 60.7 Å². The maximum atomic E-state index is 9.01. The summed E-state index contributed by atoms with van der Waals surface area (Å²) in [6.45, 7) is 41.4. The maximum Gasteiger partial charge on any atom is 0.137 e. The molecule has 0 nitrogen and oxygen atoms in total. The van der Waals surface area contributed by atoms with Gasteiger partial charge in [0.2, 0.25) is 0 Å². The zero-order chi connectivity index (χ0) is 28.2. The molecule has 0 heterocycles. The Labute approximate surface area is 236 Å². The van der Waals surface area contributed by atoms with Crippen LogP contribution in [0.4, 0.5) is 0 Å². The van der Waals surface area contributed by atoms with Crippen LogP contribution < -0.4 is 10.4 Å². The summed E-state index contributed by atoms with van der Waals surface area (Å²) in [4.78, 5) is 0. The van der Waals surface area contributed by atoms with E-state index in [2.05, 4.69) is 159 Å². The number of rotatable bonds is 9. The third-order valence-corrected chi connectivity index (χ3v) is 204. The SMILES string of the molecule is C[Si](C)(C)[Si](Cl)([Si](C)(C)C)[Si](c1ccccc1)(c1ccccc1)[Si]([Si](C)(C)C)([Si](C)(C)C)[Si](C)(C)C. The topological polar surface area (TPSA) is 0 Å². The van der Waals surface area contributed by atoms with Crippen molar-refractivity contribution in [2.45, 2.75) is 98.2 Å². The van der Waals surface area contributed by atoms with Crippen molar-refractivity contribution in [3.05, 3.63) is 60.7 Å². The van der Waals surface area contributed by atoms with Crippen molar-refractivity contribution >= 4 is 78.6 Å². The number of benzene rings is 2. The van der Waals surface area contributed by atoms with Crippen molar-refractivity contribution in [2.24, 2.45) is 0 Å².